The predicted molar refractivity (Wildman–Crippen MR) is 80.1 cm³/mol. The first-order valence-corrected chi connectivity index (χ1v) is 7.74. The standard InChI is InChI=1S/C13H17ClN2O3S/c1-8-3-4-9(7-10(8)14)15-13(19)16-11(12(17)18)5-6-20-2/h3-4,7,11H,5-6H2,1-2H3,(H,17,18)(H2,15,16,19)/p-1/t11-/m0/s1. The van der Waals surface area contributed by atoms with Crippen LogP contribution in [-0.2, 0) is 4.79 Å². The van der Waals surface area contributed by atoms with Crippen molar-refractivity contribution in [1.82, 2.24) is 5.32 Å². The minimum Gasteiger partial charge on any atom is -0.548 e. The summed E-state index contributed by atoms with van der Waals surface area (Å²) >= 11 is 7.45. The Bertz CT molecular complexity index is 497. The molecule has 0 aliphatic rings. The number of rotatable bonds is 6. The van der Waals surface area contributed by atoms with Gasteiger partial charge in [0.15, 0.2) is 0 Å². The van der Waals surface area contributed by atoms with Crippen molar-refractivity contribution in [3.63, 3.8) is 0 Å². The molecule has 0 saturated carbocycles. The number of aliphatic carboxylic acids is 1. The molecule has 1 aromatic rings. The smallest absolute Gasteiger partial charge is 0.319 e. The number of anilines is 1. The topological polar surface area (TPSA) is 81.3 Å². The lowest BCUT2D eigenvalue weighted by atomic mass is 10.2. The van der Waals surface area contributed by atoms with Crippen molar-refractivity contribution in [2.24, 2.45) is 0 Å². The van der Waals surface area contributed by atoms with E-state index in [1.54, 1.807) is 18.2 Å². The lowest BCUT2D eigenvalue weighted by molar-refractivity contribution is -0.308. The van der Waals surface area contributed by atoms with Crippen LogP contribution in [0.5, 0.6) is 0 Å². The Morgan fingerprint density at radius 3 is 2.70 bits per heavy atom. The summed E-state index contributed by atoms with van der Waals surface area (Å²) in [6.45, 7) is 1.85. The number of carboxylic acid groups (broad SMARTS) is 1. The Labute approximate surface area is 127 Å². The molecule has 0 spiro atoms. The van der Waals surface area contributed by atoms with Crippen LogP contribution in [0.4, 0.5) is 10.5 Å². The highest BCUT2D eigenvalue weighted by Gasteiger charge is 2.13. The number of benzene rings is 1. The third-order valence-electron chi connectivity index (χ3n) is 2.63. The summed E-state index contributed by atoms with van der Waals surface area (Å²) in [4.78, 5) is 22.6. The van der Waals surface area contributed by atoms with Gasteiger partial charge in [-0.2, -0.15) is 11.8 Å². The van der Waals surface area contributed by atoms with Crippen LogP contribution >= 0.6 is 23.4 Å². The van der Waals surface area contributed by atoms with Crippen molar-refractivity contribution in [3.8, 4) is 0 Å². The molecule has 0 aromatic heterocycles. The Balaban J connectivity index is 2.60. The van der Waals surface area contributed by atoms with Gasteiger partial charge in [0.25, 0.3) is 0 Å². The highest BCUT2D eigenvalue weighted by Crippen LogP contribution is 2.19. The maximum atomic E-state index is 11.7. The number of urea groups is 1. The molecule has 2 N–H and O–H groups in total. The van der Waals surface area contributed by atoms with E-state index >= 15 is 0 Å². The first-order valence-electron chi connectivity index (χ1n) is 5.97. The highest BCUT2D eigenvalue weighted by atomic mass is 35.5. The SMILES string of the molecule is CSCC[C@H](NC(=O)Nc1ccc(C)c(Cl)c1)C(=O)[O-]. The van der Waals surface area contributed by atoms with E-state index in [0.717, 1.165) is 5.56 Å². The van der Waals surface area contributed by atoms with E-state index in [-0.39, 0.29) is 0 Å². The van der Waals surface area contributed by atoms with Crippen LogP contribution in [0.2, 0.25) is 5.02 Å². The minimum absolute atomic E-state index is 0.311. The number of hydrogen-bond acceptors (Lipinski definition) is 4. The molecule has 7 heteroatoms. The summed E-state index contributed by atoms with van der Waals surface area (Å²) in [6.07, 6.45) is 2.17. The van der Waals surface area contributed by atoms with Crippen LogP contribution in [0.3, 0.4) is 0 Å². The second kappa shape index (κ2) is 8.01. The summed E-state index contributed by atoms with van der Waals surface area (Å²) in [5.74, 6) is -0.675. The van der Waals surface area contributed by atoms with Gasteiger partial charge in [-0.1, -0.05) is 17.7 Å². The lowest BCUT2D eigenvalue weighted by Crippen LogP contribution is -2.49. The second-order valence-corrected chi connectivity index (χ2v) is 5.61. The van der Waals surface area contributed by atoms with E-state index in [2.05, 4.69) is 10.6 Å². The largest absolute Gasteiger partial charge is 0.548 e. The molecule has 110 valence electrons. The quantitative estimate of drug-likeness (QED) is 0.836. The summed E-state index contributed by atoms with van der Waals surface area (Å²) < 4.78 is 0. The molecular formula is C13H16ClN2O3S-. The second-order valence-electron chi connectivity index (χ2n) is 4.22. The Morgan fingerprint density at radius 1 is 1.45 bits per heavy atom. The van der Waals surface area contributed by atoms with Gasteiger partial charge in [-0.15, -0.1) is 0 Å². The molecule has 0 saturated heterocycles. The number of nitrogens with one attached hydrogen (secondary N) is 2. The van der Waals surface area contributed by atoms with Gasteiger partial charge in [-0.05, 0) is 43.0 Å². The first-order chi connectivity index (χ1) is 9.43. The van der Waals surface area contributed by atoms with E-state index in [9.17, 15) is 14.7 Å². The van der Waals surface area contributed by atoms with E-state index in [1.165, 1.54) is 11.8 Å². The average Bonchev–Trinajstić information content (AvgIpc) is 2.38. The number of hydrogen-bond donors (Lipinski definition) is 2. The van der Waals surface area contributed by atoms with Gasteiger partial charge in [-0.25, -0.2) is 4.79 Å². The molecule has 1 atom stereocenters. The Hall–Kier alpha value is -1.40. The van der Waals surface area contributed by atoms with Crippen molar-refractivity contribution in [3.05, 3.63) is 28.8 Å². The van der Waals surface area contributed by atoms with Crippen molar-refractivity contribution < 1.29 is 14.7 Å². The van der Waals surface area contributed by atoms with E-state index in [1.807, 2.05) is 13.2 Å². The van der Waals surface area contributed by atoms with Crippen molar-refractivity contribution in [2.45, 2.75) is 19.4 Å². The number of aryl methyl sites for hydroxylation is 1. The van der Waals surface area contributed by atoms with Crippen molar-refractivity contribution in [1.29, 1.82) is 0 Å². The zero-order valence-electron chi connectivity index (χ0n) is 11.2. The van der Waals surface area contributed by atoms with E-state index in [0.29, 0.717) is 22.9 Å². The first kappa shape index (κ1) is 16.7. The third kappa shape index (κ3) is 5.30. The average molecular weight is 316 g/mol. The van der Waals surface area contributed by atoms with Gasteiger partial charge in [0.1, 0.15) is 0 Å². The van der Waals surface area contributed by atoms with Gasteiger partial charge in [0.05, 0.1) is 12.0 Å². The third-order valence-corrected chi connectivity index (χ3v) is 3.68. The minimum atomic E-state index is -1.30. The van der Waals surface area contributed by atoms with Crippen LogP contribution in [-0.4, -0.2) is 30.1 Å². The number of halogens is 1. The zero-order valence-corrected chi connectivity index (χ0v) is 12.8. The fourth-order valence-corrected chi connectivity index (χ4v) is 2.13. The summed E-state index contributed by atoms with van der Waals surface area (Å²) in [5.41, 5.74) is 1.39. The molecule has 0 heterocycles. The highest BCUT2D eigenvalue weighted by molar-refractivity contribution is 7.98. The van der Waals surface area contributed by atoms with E-state index in [4.69, 9.17) is 11.6 Å². The van der Waals surface area contributed by atoms with Crippen LogP contribution in [0.25, 0.3) is 0 Å². The van der Waals surface area contributed by atoms with Crippen molar-refractivity contribution in [2.75, 3.05) is 17.3 Å². The van der Waals surface area contributed by atoms with Gasteiger partial charge in [0, 0.05) is 10.7 Å². The maximum Gasteiger partial charge on any atom is 0.319 e. The molecule has 0 bridgehead atoms. The lowest BCUT2D eigenvalue weighted by Gasteiger charge is -2.19. The monoisotopic (exact) mass is 315 g/mol. The van der Waals surface area contributed by atoms with Crippen molar-refractivity contribution >= 4 is 41.1 Å². The number of thioether (sulfide) groups is 1. The number of carbonyl (C=O) groups excluding carboxylic acids is 2. The van der Waals surface area contributed by atoms with Gasteiger partial charge >= 0.3 is 6.03 Å². The molecule has 2 amide bonds. The summed E-state index contributed by atoms with van der Waals surface area (Å²) in [5, 5.41) is 16.3. The fourth-order valence-electron chi connectivity index (χ4n) is 1.48. The number of amides is 2. The molecular weight excluding hydrogens is 300 g/mol. The number of carbonyl (C=O) groups is 2. The van der Waals surface area contributed by atoms with Crippen LogP contribution in [0, 0.1) is 6.92 Å². The Morgan fingerprint density at radius 2 is 2.15 bits per heavy atom. The molecule has 5 nitrogen and oxygen atoms in total. The normalized spacial score (nSPS) is 11.8. The molecule has 0 aliphatic heterocycles. The maximum absolute atomic E-state index is 11.7. The molecule has 0 radical (unpaired) electrons. The number of carboxylic acids is 1. The predicted octanol–water partition coefficient (Wildman–Crippen LogP) is 1.64. The molecule has 0 fully saturated rings. The van der Waals surface area contributed by atoms with Gasteiger partial charge in [0.2, 0.25) is 0 Å². The van der Waals surface area contributed by atoms with E-state index < -0.39 is 18.0 Å². The van der Waals surface area contributed by atoms with Crippen LogP contribution in [0.15, 0.2) is 18.2 Å². The van der Waals surface area contributed by atoms with Gasteiger partial charge in [-0.3, -0.25) is 0 Å². The Kier molecular flexibility index (Phi) is 6.67. The van der Waals surface area contributed by atoms with Crippen LogP contribution < -0.4 is 15.7 Å². The summed E-state index contributed by atoms with van der Waals surface area (Å²) in [7, 11) is 0. The van der Waals surface area contributed by atoms with Crippen LogP contribution in [0.1, 0.15) is 12.0 Å². The molecule has 1 aromatic carbocycles. The molecule has 1 rings (SSSR count). The molecule has 0 unspecified atom stereocenters. The zero-order chi connectivity index (χ0) is 15.1. The molecule has 20 heavy (non-hydrogen) atoms. The summed E-state index contributed by atoms with van der Waals surface area (Å²) in [6, 6.07) is 3.45. The molecule has 0 aliphatic carbocycles. The van der Waals surface area contributed by atoms with Gasteiger partial charge < -0.3 is 20.5 Å². The fraction of sp³-hybridized carbons (Fsp3) is 0.385.